The third-order valence-corrected chi connectivity index (χ3v) is 6.81. The van der Waals surface area contributed by atoms with Gasteiger partial charge in [-0.05, 0) is 97.7 Å². The molecule has 0 spiro atoms. The predicted octanol–water partition coefficient (Wildman–Crippen LogP) is 7.47. The quantitative estimate of drug-likeness (QED) is 0.311. The van der Waals surface area contributed by atoms with Gasteiger partial charge in [-0.15, -0.1) is 0 Å². The lowest BCUT2D eigenvalue weighted by molar-refractivity contribution is -0.115. The Balaban J connectivity index is 1.51. The van der Waals surface area contributed by atoms with Crippen LogP contribution in [-0.2, 0) is 11.4 Å². The minimum absolute atomic E-state index is 0.248. The van der Waals surface area contributed by atoms with E-state index in [1.54, 1.807) is 18.2 Å². The number of nitrogens with one attached hydrogen (secondary N) is 1. The number of carbonyl (C=O) groups excluding carboxylic acids is 1. The zero-order valence-electron chi connectivity index (χ0n) is 16.2. The highest BCUT2D eigenvalue weighted by atomic mass is 79.9. The van der Waals surface area contributed by atoms with Gasteiger partial charge < -0.3 is 10.1 Å². The van der Waals surface area contributed by atoms with Crippen LogP contribution in [0.25, 0.3) is 6.08 Å². The van der Waals surface area contributed by atoms with Crippen molar-refractivity contribution in [2.24, 2.45) is 4.99 Å². The van der Waals surface area contributed by atoms with Crippen LogP contribution in [0.15, 0.2) is 79.5 Å². The van der Waals surface area contributed by atoms with E-state index in [9.17, 15) is 9.18 Å². The number of benzene rings is 3. The van der Waals surface area contributed by atoms with E-state index in [2.05, 4.69) is 42.2 Å². The van der Waals surface area contributed by atoms with Crippen molar-refractivity contribution >= 4 is 78.1 Å². The summed E-state index contributed by atoms with van der Waals surface area (Å²) in [7, 11) is 0. The molecule has 1 aliphatic heterocycles. The van der Waals surface area contributed by atoms with E-state index in [0.717, 1.165) is 20.1 Å². The molecule has 0 unspecified atom stereocenters. The summed E-state index contributed by atoms with van der Waals surface area (Å²) in [6.45, 7) is 0.318. The van der Waals surface area contributed by atoms with Gasteiger partial charge in [0.25, 0.3) is 5.91 Å². The van der Waals surface area contributed by atoms with Gasteiger partial charge >= 0.3 is 0 Å². The number of rotatable bonds is 5. The van der Waals surface area contributed by atoms with Crippen molar-refractivity contribution in [2.75, 3.05) is 0 Å². The van der Waals surface area contributed by atoms with Crippen LogP contribution in [0, 0.1) is 5.82 Å². The smallest absolute Gasteiger partial charge is 0.264 e. The minimum Gasteiger partial charge on any atom is -0.486 e. The Labute approximate surface area is 210 Å². The molecule has 9 heteroatoms. The summed E-state index contributed by atoms with van der Waals surface area (Å²) >= 11 is 14.5. The molecule has 0 aromatic heterocycles. The largest absolute Gasteiger partial charge is 0.486 e. The molecule has 0 atom stereocenters. The fourth-order valence-electron chi connectivity index (χ4n) is 2.83. The molecule has 1 N–H and O–H groups in total. The molecule has 0 radical (unpaired) electrons. The molecular weight excluding hydrogens is 583 g/mol. The Kier molecular flexibility index (Phi) is 7.35. The van der Waals surface area contributed by atoms with Crippen LogP contribution < -0.4 is 10.1 Å². The summed E-state index contributed by atoms with van der Waals surface area (Å²) in [6.07, 6.45) is 1.76. The Hall–Kier alpha value is -2.13. The standard InChI is InChI=1S/C23H14Br2ClFN2O2S/c24-17-9-13(10-18(25)21(17)31-12-14-3-1-2-4-19(14)26)11-20-22(30)29-23(32-20)28-16-7-5-15(27)6-8-16/h1-11H,12H2,(H,28,29,30)/b20-11+. The molecule has 162 valence electrons. The van der Waals surface area contributed by atoms with E-state index >= 15 is 0 Å². The Morgan fingerprint density at radius 2 is 1.78 bits per heavy atom. The molecule has 0 bridgehead atoms. The number of thioether (sulfide) groups is 1. The number of halogens is 4. The second-order valence-corrected chi connectivity index (χ2v) is 9.80. The first-order valence-electron chi connectivity index (χ1n) is 9.29. The van der Waals surface area contributed by atoms with Gasteiger partial charge in [0.2, 0.25) is 0 Å². The van der Waals surface area contributed by atoms with Gasteiger partial charge in [-0.25, -0.2) is 9.38 Å². The molecule has 1 heterocycles. The summed E-state index contributed by atoms with van der Waals surface area (Å²) in [5.74, 6) is 0.0457. The Morgan fingerprint density at radius 3 is 2.47 bits per heavy atom. The predicted molar refractivity (Wildman–Crippen MR) is 135 cm³/mol. The maximum Gasteiger partial charge on any atom is 0.264 e. The third kappa shape index (κ3) is 5.61. The Morgan fingerprint density at radius 1 is 1.09 bits per heavy atom. The first-order chi connectivity index (χ1) is 15.4. The maximum absolute atomic E-state index is 13.1. The molecule has 4 rings (SSSR count). The number of amidine groups is 1. The van der Waals surface area contributed by atoms with E-state index < -0.39 is 0 Å². The van der Waals surface area contributed by atoms with Crippen molar-refractivity contribution in [3.63, 3.8) is 0 Å². The van der Waals surface area contributed by atoms with Crippen molar-refractivity contribution in [2.45, 2.75) is 6.61 Å². The van der Waals surface area contributed by atoms with E-state index in [1.807, 2.05) is 36.4 Å². The van der Waals surface area contributed by atoms with Crippen molar-refractivity contribution in [1.82, 2.24) is 5.32 Å². The van der Waals surface area contributed by atoms with Crippen LogP contribution in [0.4, 0.5) is 10.1 Å². The summed E-state index contributed by atoms with van der Waals surface area (Å²) in [5.41, 5.74) is 2.24. The molecule has 3 aromatic rings. The molecule has 32 heavy (non-hydrogen) atoms. The number of carbonyl (C=O) groups is 1. The second-order valence-electron chi connectivity index (χ2n) is 6.65. The highest BCUT2D eigenvalue weighted by Crippen LogP contribution is 2.37. The second kappa shape index (κ2) is 10.2. The van der Waals surface area contributed by atoms with Crippen LogP contribution in [0.1, 0.15) is 11.1 Å². The van der Waals surface area contributed by atoms with Gasteiger partial charge in [-0.3, -0.25) is 4.79 Å². The van der Waals surface area contributed by atoms with Crippen molar-refractivity contribution < 1.29 is 13.9 Å². The molecule has 1 saturated heterocycles. The van der Waals surface area contributed by atoms with Crippen molar-refractivity contribution in [3.05, 3.63) is 96.5 Å². The highest BCUT2D eigenvalue weighted by molar-refractivity contribution is 9.11. The van der Waals surface area contributed by atoms with Crippen LogP contribution in [0.5, 0.6) is 5.75 Å². The van der Waals surface area contributed by atoms with Crippen LogP contribution in [0.3, 0.4) is 0 Å². The molecule has 4 nitrogen and oxygen atoms in total. The monoisotopic (exact) mass is 594 g/mol. The fraction of sp³-hybridized carbons (Fsp3) is 0.0435. The fourth-order valence-corrected chi connectivity index (χ4v) is 5.31. The van der Waals surface area contributed by atoms with E-state index in [1.165, 1.54) is 23.9 Å². The average Bonchev–Trinajstić information content (AvgIpc) is 3.09. The number of amides is 1. The Bertz CT molecular complexity index is 1230. The van der Waals surface area contributed by atoms with E-state index in [0.29, 0.717) is 33.1 Å². The topological polar surface area (TPSA) is 50.7 Å². The molecule has 1 amide bonds. The third-order valence-electron chi connectivity index (χ3n) is 4.36. The van der Waals surface area contributed by atoms with Crippen molar-refractivity contribution in [1.29, 1.82) is 0 Å². The average molecular weight is 597 g/mol. The van der Waals surface area contributed by atoms with Gasteiger partial charge in [0.1, 0.15) is 18.2 Å². The summed E-state index contributed by atoms with van der Waals surface area (Å²) in [6, 6.07) is 17.0. The molecule has 0 saturated carbocycles. The van der Waals surface area contributed by atoms with Crippen LogP contribution in [-0.4, -0.2) is 11.1 Å². The number of ether oxygens (including phenoxy) is 1. The van der Waals surface area contributed by atoms with Gasteiger partial charge in [0.05, 0.1) is 19.5 Å². The van der Waals surface area contributed by atoms with Gasteiger partial charge in [0.15, 0.2) is 5.17 Å². The maximum atomic E-state index is 13.1. The van der Waals surface area contributed by atoms with E-state index in [-0.39, 0.29) is 11.7 Å². The van der Waals surface area contributed by atoms with Crippen LogP contribution in [0.2, 0.25) is 5.02 Å². The molecular formula is C23H14Br2ClFN2O2S. The minimum atomic E-state index is -0.340. The summed E-state index contributed by atoms with van der Waals surface area (Å²) in [5, 5.41) is 3.80. The van der Waals surface area contributed by atoms with E-state index in [4.69, 9.17) is 16.3 Å². The zero-order chi connectivity index (χ0) is 22.7. The highest BCUT2D eigenvalue weighted by Gasteiger charge is 2.24. The van der Waals surface area contributed by atoms with Crippen molar-refractivity contribution in [3.8, 4) is 5.75 Å². The van der Waals surface area contributed by atoms with Gasteiger partial charge in [-0.2, -0.15) is 0 Å². The normalized spacial score (nSPS) is 15.9. The number of aliphatic imine (C=N–C) groups is 1. The first kappa shape index (κ1) is 23.0. The lowest BCUT2D eigenvalue weighted by atomic mass is 10.2. The molecule has 0 aliphatic carbocycles. The van der Waals surface area contributed by atoms with Gasteiger partial charge in [0, 0.05) is 10.6 Å². The SMILES string of the molecule is O=C1NC(=Nc2ccc(F)cc2)S/C1=C/c1cc(Br)c(OCc2ccccc2Cl)c(Br)c1. The van der Waals surface area contributed by atoms with Crippen LogP contribution >= 0.6 is 55.2 Å². The molecule has 3 aromatic carbocycles. The lowest BCUT2D eigenvalue weighted by Crippen LogP contribution is -2.19. The first-order valence-corrected chi connectivity index (χ1v) is 12.1. The lowest BCUT2D eigenvalue weighted by Gasteiger charge is -2.12. The number of hydrogen-bond donors (Lipinski definition) is 1. The molecule has 1 fully saturated rings. The number of nitrogens with zero attached hydrogens (tertiary/aromatic N) is 1. The molecule has 1 aliphatic rings. The summed E-state index contributed by atoms with van der Waals surface area (Å²) < 4.78 is 20.5. The zero-order valence-corrected chi connectivity index (χ0v) is 21.0. The summed E-state index contributed by atoms with van der Waals surface area (Å²) in [4.78, 5) is 17.2. The van der Waals surface area contributed by atoms with Gasteiger partial charge in [-0.1, -0.05) is 29.8 Å². The number of hydrogen-bond acceptors (Lipinski definition) is 4.